The highest BCUT2D eigenvalue weighted by Crippen LogP contribution is 2.34. The molecule has 0 fully saturated rings. The van der Waals surface area contributed by atoms with Crippen LogP contribution >= 0.6 is 0 Å². The van der Waals surface area contributed by atoms with Crippen LogP contribution in [0.15, 0.2) is 0 Å². The lowest BCUT2D eigenvalue weighted by atomic mass is 9.71. The molecule has 1 N–H and O–H groups in total. The van der Waals surface area contributed by atoms with Crippen molar-refractivity contribution >= 4 is 0 Å². The number of hydrogen-bond donors (Lipinski definition) is 1. The molecule has 0 aliphatic carbocycles. The van der Waals surface area contributed by atoms with Crippen LogP contribution in [-0.2, 0) is 0 Å². The van der Waals surface area contributed by atoms with E-state index in [9.17, 15) is 0 Å². The van der Waals surface area contributed by atoms with Gasteiger partial charge in [0.05, 0.1) is 0 Å². The maximum Gasteiger partial charge on any atom is 0.0201 e. The molecule has 1 nitrogen and oxygen atoms in total. The molecular formula is C11H25N. The van der Waals surface area contributed by atoms with Gasteiger partial charge in [-0.05, 0) is 31.7 Å². The molecule has 0 aromatic heterocycles. The van der Waals surface area contributed by atoms with E-state index in [0.717, 1.165) is 5.92 Å². The summed E-state index contributed by atoms with van der Waals surface area (Å²) >= 11 is 0. The molecule has 0 aromatic carbocycles. The Morgan fingerprint density at radius 3 is 1.58 bits per heavy atom. The summed E-state index contributed by atoms with van der Waals surface area (Å²) < 4.78 is 0. The predicted octanol–water partition coefficient (Wildman–Crippen LogP) is 3.06. The van der Waals surface area contributed by atoms with Crippen molar-refractivity contribution < 1.29 is 0 Å². The maximum absolute atomic E-state index is 3.45. The Morgan fingerprint density at radius 2 is 1.50 bits per heavy atom. The summed E-state index contributed by atoms with van der Waals surface area (Å²) in [5, 5.41) is 3.45. The van der Waals surface area contributed by atoms with Crippen LogP contribution in [0.1, 0.15) is 48.0 Å². The van der Waals surface area contributed by atoms with Crippen LogP contribution in [0.5, 0.6) is 0 Å². The minimum Gasteiger partial charge on any atom is -0.314 e. The zero-order valence-corrected chi connectivity index (χ0v) is 9.78. The van der Waals surface area contributed by atoms with Gasteiger partial charge in [-0.1, -0.05) is 34.6 Å². The van der Waals surface area contributed by atoms with E-state index in [0.29, 0.717) is 5.41 Å². The zero-order chi connectivity index (χ0) is 9.99. The van der Waals surface area contributed by atoms with Crippen molar-refractivity contribution in [3.05, 3.63) is 0 Å². The van der Waals surface area contributed by atoms with Crippen molar-refractivity contribution in [3.63, 3.8) is 0 Å². The lowest BCUT2D eigenvalue weighted by Gasteiger charge is -2.43. The molecule has 74 valence electrons. The van der Waals surface area contributed by atoms with Crippen molar-refractivity contribution in [2.24, 2.45) is 11.3 Å². The molecule has 0 saturated heterocycles. The van der Waals surface area contributed by atoms with Crippen LogP contribution in [0.4, 0.5) is 0 Å². The van der Waals surface area contributed by atoms with E-state index in [4.69, 9.17) is 0 Å². The molecule has 0 aliphatic rings. The second-order valence-corrected chi connectivity index (χ2v) is 5.43. The summed E-state index contributed by atoms with van der Waals surface area (Å²) in [5.41, 5.74) is 0.577. The number of nitrogens with one attached hydrogen (secondary N) is 1. The topological polar surface area (TPSA) is 12.0 Å². The van der Waals surface area contributed by atoms with Gasteiger partial charge in [0.2, 0.25) is 0 Å². The first-order chi connectivity index (χ1) is 5.23. The molecule has 0 aliphatic heterocycles. The quantitative estimate of drug-likeness (QED) is 0.688. The van der Waals surface area contributed by atoms with Crippen molar-refractivity contribution in [2.75, 3.05) is 7.05 Å². The number of hydrogen-bond acceptors (Lipinski definition) is 1. The average molecular weight is 171 g/mol. The Morgan fingerprint density at radius 1 is 1.08 bits per heavy atom. The second-order valence-electron chi connectivity index (χ2n) is 5.43. The van der Waals surface area contributed by atoms with E-state index in [1.807, 2.05) is 0 Å². The van der Waals surface area contributed by atoms with Gasteiger partial charge in [0.25, 0.3) is 0 Å². The average Bonchev–Trinajstić information content (AvgIpc) is 1.83. The highest BCUT2D eigenvalue weighted by atomic mass is 14.9. The van der Waals surface area contributed by atoms with Crippen molar-refractivity contribution in [1.29, 1.82) is 0 Å². The molecule has 0 unspecified atom stereocenters. The largest absolute Gasteiger partial charge is 0.314 e. The molecular weight excluding hydrogens is 146 g/mol. The van der Waals surface area contributed by atoms with Crippen molar-refractivity contribution in [3.8, 4) is 0 Å². The molecule has 0 heterocycles. The van der Waals surface area contributed by atoms with Gasteiger partial charge in [0.1, 0.15) is 0 Å². The smallest absolute Gasteiger partial charge is 0.0201 e. The van der Waals surface area contributed by atoms with Crippen LogP contribution in [-0.4, -0.2) is 12.6 Å². The standard InChI is InChI=1S/C11H25N/c1-9(2)8-11(6,12-7)10(3,4)5/h9,12H,8H2,1-7H3/t11-/m0/s1. The highest BCUT2D eigenvalue weighted by molar-refractivity contribution is 4.93. The van der Waals surface area contributed by atoms with Gasteiger partial charge < -0.3 is 5.32 Å². The Labute approximate surface area is 77.9 Å². The van der Waals surface area contributed by atoms with Crippen LogP contribution in [0, 0.1) is 11.3 Å². The molecule has 1 atom stereocenters. The predicted molar refractivity (Wildman–Crippen MR) is 56.4 cm³/mol. The lowest BCUT2D eigenvalue weighted by molar-refractivity contribution is 0.138. The summed E-state index contributed by atoms with van der Waals surface area (Å²) in [7, 11) is 2.06. The Bertz CT molecular complexity index is 132. The Hall–Kier alpha value is -0.0400. The van der Waals surface area contributed by atoms with E-state index in [-0.39, 0.29) is 5.54 Å². The summed E-state index contributed by atoms with van der Waals surface area (Å²) in [5.74, 6) is 0.752. The SMILES string of the molecule is CN[C@@](C)(CC(C)C)C(C)(C)C. The molecule has 0 saturated carbocycles. The fraction of sp³-hybridized carbons (Fsp3) is 1.00. The van der Waals surface area contributed by atoms with Crippen LogP contribution < -0.4 is 5.32 Å². The third kappa shape index (κ3) is 2.78. The molecule has 0 amide bonds. The summed E-state index contributed by atoms with van der Waals surface area (Å²) in [6, 6.07) is 0. The molecule has 0 rings (SSSR count). The van der Waals surface area contributed by atoms with E-state index in [1.54, 1.807) is 0 Å². The molecule has 12 heavy (non-hydrogen) atoms. The van der Waals surface area contributed by atoms with Crippen molar-refractivity contribution in [1.82, 2.24) is 5.32 Å². The van der Waals surface area contributed by atoms with Crippen LogP contribution in [0.25, 0.3) is 0 Å². The molecule has 0 radical (unpaired) electrons. The summed E-state index contributed by atoms with van der Waals surface area (Å²) in [6.07, 6.45) is 1.23. The van der Waals surface area contributed by atoms with Gasteiger partial charge in [-0.3, -0.25) is 0 Å². The number of rotatable bonds is 3. The first-order valence-corrected chi connectivity index (χ1v) is 4.92. The van der Waals surface area contributed by atoms with Gasteiger partial charge in [-0.2, -0.15) is 0 Å². The van der Waals surface area contributed by atoms with Gasteiger partial charge in [0, 0.05) is 5.54 Å². The molecule has 1 heteroatoms. The fourth-order valence-electron chi connectivity index (χ4n) is 1.60. The van der Waals surface area contributed by atoms with Crippen LogP contribution in [0.3, 0.4) is 0 Å². The summed E-state index contributed by atoms with van der Waals surface area (Å²) in [4.78, 5) is 0. The van der Waals surface area contributed by atoms with E-state index < -0.39 is 0 Å². The minimum atomic E-state index is 0.251. The first-order valence-electron chi connectivity index (χ1n) is 4.92. The van der Waals surface area contributed by atoms with E-state index >= 15 is 0 Å². The molecule has 0 aromatic rings. The Kier molecular flexibility index (Phi) is 3.77. The fourth-order valence-corrected chi connectivity index (χ4v) is 1.60. The maximum atomic E-state index is 3.45. The second kappa shape index (κ2) is 3.78. The lowest BCUT2D eigenvalue weighted by Crippen LogP contribution is -2.51. The van der Waals surface area contributed by atoms with Crippen molar-refractivity contribution in [2.45, 2.75) is 53.5 Å². The molecule has 0 bridgehead atoms. The van der Waals surface area contributed by atoms with Gasteiger partial charge in [-0.25, -0.2) is 0 Å². The molecule has 0 spiro atoms. The summed E-state index contributed by atoms with van der Waals surface area (Å²) in [6.45, 7) is 13.8. The monoisotopic (exact) mass is 171 g/mol. The first kappa shape index (κ1) is 12.0. The van der Waals surface area contributed by atoms with E-state index in [1.165, 1.54) is 6.42 Å². The van der Waals surface area contributed by atoms with E-state index in [2.05, 4.69) is 53.9 Å². The Balaban J connectivity index is 4.46. The van der Waals surface area contributed by atoms with Gasteiger partial charge >= 0.3 is 0 Å². The third-order valence-corrected chi connectivity index (χ3v) is 3.02. The van der Waals surface area contributed by atoms with Crippen LogP contribution in [0.2, 0.25) is 0 Å². The zero-order valence-electron chi connectivity index (χ0n) is 9.78. The van der Waals surface area contributed by atoms with Gasteiger partial charge in [-0.15, -0.1) is 0 Å². The normalized spacial score (nSPS) is 18.0. The highest BCUT2D eigenvalue weighted by Gasteiger charge is 2.35. The van der Waals surface area contributed by atoms with Gasteiger partial charge in [0.15, 0.2) is 0 Å². The minimum absolute atomic E-state index is 0.251. The third-order valence-electron chi connectivity index (χ3n) is 3.02.